The lowest BCUT2D eigenvalue weighted by Crippen LogP contribution is -2.08. The summed E-state index contributed by atoms with van der Waals surface area (Å²) in [4.78, 5) is 11.3. The van der Waals surface area contributed by atoms with Crippen LogP contribution in [-0.4, -0.2) is 12.6 Å². The molecule has 1 aromatic carbocycles. The number of carbonyl (C=O) groups excluding carboxylic acids is 1. The topological polar surface area (TPSA) is 50.1 Å². The molecule has 0 aliphatic heterocycles. The lowest BCUT2D eigenvalue weighted by Gasteiger charge is -2.07. The SMILES string of the molecule is CCOC(=O)Cc1cc(Br)c(CCl)c(C#N)c1. The van der Waals surface area contributed by atoms with E-state index >= 15 is 0 Å². The molecular weight excluding hydrogens is 305 g/mol. The molecule has 0 aliphatic rings. The van der Waals surface area contributed by atoms with Crippen LogP contribution in [0.2, 0.25) is 0 Å². The third-order valence-corrected chi connectivity index (χ3v) is 3.14. The number of benzene rings is 1. The number of halogens is 2. The van der Waals surface area contributed by atoms with E-state index < -0.39 is 0 Å². The van der Waals surface area contributed by atoms with E-state index in [2.05, 4.69) is 22.0 Å². The van der Waals surface area contributed by atoms with Gasteiger partial charge in [0.15, 0.2) is 0 Å². The molecular formula is C12H11BrClNO2. The maximum Gasteiger partial charge on any atom is 0.310 e. The molecule has 17 heavy (non-hydrogen) atoms. The van der Waals surface area contributed by atoms with E-state index in [0.717, 1.165) is 15.6 Å². The Bertz CT molecular complexity index is 468. The van der Waals surface area contributed by atoms with Crippen LogP contribution < -0.4 is 0 Å². The van der Waals surface area contributed by atoms with Crippen molar-refractivity contribution in [2.24, 2.45) is 0 Å². The van der Waals surface area contributed by atoms with Gasteiger partial charge < -0.3 is 4.74 Å². The molecule has 0 unspecified atom stereocenters. The lowest BCUT2D eigenvalue weighted by atomic mass is 10.0. The molecule has 1 rings (SSSR count). The fourth-order valence-corrected chi connectivity index (χ4v) is 2.51. The number of alkyl halides is 1. The molecule has 0 saturated heterocycles. The molecule has 0 atom stereocenters. The second kappa shape index (κ2) is 6.63. The van der Waals surface area contributed by atoms with Crippen LogP contribution in [0.25, 0.3) is 0 Å². The fraction of sp³-hybridized carbons (Fsp3) is 0.333. The molecule has 0 fully saturated rings. The molecule has 0 aliphatic carbocycles. The number of hydrogen-bond donors (Lipinski definition) is 0. The van der Waals surface area contributed by atoms with Crippen molar-refractivity contribution in [2.45, 2.75) is 19.2 Å². The van der Waals surface area contributed by atoms with Gasteiger partial charge >= 0.3 is 5.97 Å². The molecule has 0 heterocycles. The van der Waals surface area contributed by atoms with Gasteiger partial charge in [-0.25, -0.2) is 0 Å². The first-order valence-corrected chi connectivity index (χ1v) is 6.38. The van der Waals surface area contributed by atoms with Crippen LogP contribution in [0.3, 0.4) is 0 Å². The van der Waals surface area contributed by atoms with Crippen LogP contribution in [0.15, 0.2) is 16.6 Å². The number of hydrogen-bond acceptors (Lipinski definition) is 3. The van der Waals surface area contributed by atoms with Gasteiger partial charge in [0.05, 0.1) is 24.7 Å². The normalized spacial score (nSPS) is 9.76. The van der Waals surface area contributed by atoms with Gasteiger partial charge in [0.1, 0.15) is 0 Å². The number of ether oxygens (including phenoxy) is 1. The van der Waals surface area contributed by atoms with Crippen molar-refractivity contribution in [3.63, 3.8) is 0 Å². The van der Waals surface area contributed by atoms with Gasteiger partial charge in [-0.2, -0.15) is 5.26 Å². The highest BCUT2D eigenvalue weighted by Crippen LogP contribution is 2.24. The molecule has 0 N–H and O–H groups in total. The minimum Gasteiger partial charge on any atom is -0.466 e. The van der Waals surface area contributed by atoms with Crippen LogP contribution in [0.1, 0.15) is 23.6 Å². The van der Waals surface area contributed by atoms with Crippen LogP contribution >= 0.6 is 27.5 Å². The first kappa shape index (κ1) is 14.0. The van der Waals surface area contributed by atoms with Gasteiger partial charge in [-0.15, -0.1) is 11.6 Å². The first-order chi connectivity index (χ1) is 8.12. The Morgan fingerprint density at radius 1 is 1.59 bits per heavy atom. The van der Waals surface area contributed by atoms with E-state index in [-0.39, 0.29) is 18.3 Å². The van der Waals surface area contributed by atoms with E-state index in [9.17, 15) is 4.79 Å². The lowest BCUT2D eigenvalue weighted by molar-refractivity contribution is -0.142. The molecule has 0 aromatic heterocycles. The highest BCUT2D eigenvalue weighted by molar-refractivity contribution is 9.10. The van der Waals surface area contributed by atoms with Crippen molar-refractivity contribution in [1.82, 2.24) is 0 Å². The van der Waals surface area contributed by atoms with Crippen LogP contribution in [0.5, 0.6) is 0 Å². The van der Waals surface area contributed by atoms with Gasteiger partial charge in [-0.05, 0) is 30.2 Å². The van der Waals surface area contributed by atoms with Crippen molar-refractivity contribution in [1.29, 1.82) is 5.26 Å². The molecule has 0 radical (unpaired) electrons. The molecule has 90 valence electrons. The van der Waals surface area contributed by atoms with Crippen molar-refractivity contribution in [3.8, 4) is 6.07 Å². The van der Waals surface area contributed by atoms with E-state index in [1.165, 1.54) is 0 Å². The zero-order valence-electron chi connectivity index (χ0n) is 9.30. The Kier molecular flexibility index (Phi) is 5.46. The molecule has 0 saturated carbocycles. The number of rotatable bonds is 4. The molecule has 0 amide bonds. The molecule has 1 aromatic rings. The summed E-state index contributed by atoms with van der Waals surface area (Å²) < 4.78 is 5.59. The maximum atomic E-state index is 11.3. The molecule has 0 spiro atoms. The highest BCUT2D eigenvalue weighted by atomic mass is 79.9. The van der Waals surface area contributed by atoms with Crippen LogP contribution in [0.4, 0.5) is 0 Å². The van der Waals surface area contributed by atoms with Gasteiger partial charge in [-0.3, -0.25) is 4.79 Å². The van der Waals surface area contributed by atoms with Crippen molar-refractivity contribution in [3.05, 3.63) is 33.3 Å². The summed E-state index contributed by atoms with van der Waals surface area (Å²) in [5.74, 6) is -0.0506. The summed E-state index contributed by atoms with van der Waals surface area (Å²) in [6, 6.07) is 5.52. The number of carbonyl (C=O) groups is 1. The Hall–Kier alpha value is -1.05. The third kappa shape index (κ3) is 3.72. The average Bonchev–Trinajstić information content (AvgIpc) is 2.28. The minimum atomic E-state index is -0.304. The average molecular weight is 317 g/mol. The second-order valence-electron chi connectivity index (χ2n) is 3.33. The first-order valence-electron chi connectivity index (χ1n) is 5.05. The van der Waals surface area contributed by atoms with Crippen LogP contribution in [-0.2, 0) is 21.8 Å². The second-order valence-corrected chi connectivity index (χ2v) is 4.45. The van der Waals surface area contributed by atoms with Gasteiger partial charge in [0.2, 0.25) is 0 Å². The van der Waals surface area contributed by atoms with Crippen molar-refractivity contribution in [2.75, 3.05) is 6.61 Å². The Labute approximate surface area is 113 Å². The standard InChI is InChI=1S/C12H11BrClNO2/c1-2-17-12(16)5-8-3-9(7-15)10(6-14)11(13)4-8/h3-4H,2,5-6H2,1H3. The number of nitriles is 1. The zero-order valence-corrected chi connectivity index (χ0v) is 11.6. The summed E-state index contributed by atoms with van der Waals surface area (Å²) in [7, 11) is 0. The largest absolute Gasteiger partial charge is 0.466 e. The predicted molar refractivity (Wildman–Crippen MR) is 68.8 cm³/mol. The highest BCUT2D eigenvalue weighted by Gasteiger charge is 2.11. The Balaban J connectivity index is 3.00. The van der Waals surface area contributed by atoms with E-state index in [1.807, 2.05) is 0 Å². The van der Waals surface area contributed by atoms with Crippen molar-refractivity contribution < 1.29 is 9.53 Å². The van der Waals surface area contributed by atoms with Gasteiger partial charge in [0.25, 0.3) is 0 Å². The molecule has 3 nitrogen and oxygen atoms in total. The minimum absolute atomic E-state index is 0.156. The van der Waals surface area contributed by atoms with E-state index in [4.69, 9.17) is 21.6 Å². The summed E-state index contributed by atoms with van der Waals surface area (Å²) in [6.07, 6.45) is 0.156. The fourth-order valence-electron chi connectivity index (χ4n) is 1.41. The van der Waals surface area contributed by atoms with Gasteiger partial charge in [-0.1, -0.05) is 15.9 Å². The van der Waals surface area contributed by atoms with Crippen LogP contribution in [0, 0.1) is 11.3 Å². The zero-order chi connectivity index (χ0) is 12.8. The number of esters is 1. The Morgan fingerprint density at radius 2 is 2.29 bits per heavy atom. The summed E-state index contributed by atoms with van der Waals surface area (Å²) in [5, 5.41) is 8.99. The van der Waals surface area contributed by atoms with E-state index in [0.29, 0.717) is 12.2 Å². The molecule has 0 bridgehead atoms. The summed E-state index contributed by atoms with van der Waals surface area (Å²) in [5.41, 5.74) is 1.95. The molecule has 5 heteroatoms. The third-order valence-electron chi connectivity index (χ3n) is 2.16. The van der Waals surface area contributed by atoms with E-state index in [1.54, 1.807) is 19.1 Å². The van der Waals surface area contributed by atoms with Crippen molar-refractivity contribution >= 4 is 33.5 Å². The Morgan fingerprint density at radius 3 is 2.82 bits per heavy atom. The smallest absolute Gasteiger partial charge is 0.310 e. The van der Waals surface area contributed by atoms with Gasteiger partial charge in [0, 0.05) is 10.4 Å². The quantitative estimate of drug-likeness (QED) is 0.633. The summed E-state index contributed by atoms with van der Waals surface area (Å²) >= 11 is 9.09. The monoisotopic (exact) mass is 315 g/mol. The maximum absolute atomic E-state index is 11.3. The summed E-state index contributed by atoms with van der Waals surface area (Å²) in [6.45, 7) is 2.11. The number of nitrogens with zero attached hydrogens (tertiary/aromatic N) is 1. The predicted octanol–water partition coefficient (Wildman–Crippen LogP) is 3.17.